The predicted molar refractivity (Wildman–Crippen MR) is 81.7 cm³/mol. The van der Waals surface area contributed by atoms with Crippen LogP contribution in [0.4, 0.5) is 0 Å². The monoisotopic (exact) mass is 289 g/mol. The number of halogens is 1. The number of hydrogen-bond acceptors (Lipinski definition) is 3. The van der Waals surface area contributed by atoms with Gasteiger partial charge in [-0.25, -0.2) is 0 Å². The van der Waals surface area contributed by atoms with Crippen LogP contribution in [0.25, 0.3) is 0 Å². The molecule has 2 N–H and O–H groups in total. The lowest BCUT2D eigenvalue weighted by atomic mass is 10.1. The molecule has 0 spiro atoms. The van der Waals surface area contributed by atoms with Gasteiger partial charge in [0.25, 0.3) is 0 Å². The molecule has 2 rings (SSSR count). The van der Waals surface area contributed by atoms with E-state index in [0.717, 1.165) is 5.56 Å². The maximum absolute atomic E-state index is 9.70. The molecule has 0 heterocycles. The van der Waals surface area contributed by atoms with Gasteiger partial charge in [0, 0.05) is 16.8 Å². The number of aliphatic imine (C=N–C) groups is 1. The van der Waals surface area contributed by atoms with E-state index >= 15 is 0 Å². The third kappa shape index (κ3) is 4.08. The summed E-state index contributed by atoms with van der Waals surface area (Å²) in [5.74, 6) is 0.120. The SMILES string of the molecule is OC[C@@H](Cc1ccccc1)N=Cc1cc(Cl)ccc1O. The fourth-order valence-corrected chi connectivity index (χ4v) is 2.05. The van der Waals surface area contributed by atoms with Crippen molar-refractivity contribution in [1.29, 1.82) is 0 Å². The van der Waals surface area contributed by atoms with Crippen LogP contribution < -0.4 is 0 Å². The number of aliphatic hydroxyl groups excluding tert-OH is 1. The molecule has 20 heavy (non-hydrogen) atoms. The van der Waals surface area contributed by atoms with Gasteiger partial charge in [-0.05, 0) is 30.2 Å². The summed E-state index contributed by atoms with van der Waals surface area (Å²) >= 11 is 5.87. The van der Waals surface area contributed by atoms with Gasteiger partial charge >= 0.3 is 0 Å². The van der Waals surface area contributed by atoms with Crippen LogP contribution in [0.5, 0.6) is 5.75 Å². The average molecular weight is 290 g/mol. The first kappa shape index (κ1) is 14.6. The summed E-state index contributed by atoms with van der Waals surface area (Å²) in [7, 11) is 0. The van der Waals surface area contributed by atoms with Gasteiger partial charge in [0.1, 0.15) is 5.75 Å². The van der Waals surface area contributed by atoms with Crippen LogP contribution in [0.15, 0.2) is 53.5 Å². The van der Waals surface area contributed by atoms with Gasteiger partial charge in [-0.1, -0.05) is 41.9 Å². The van der Waals surface area contributed by atoms with E-state index in [1.807, 2.05) is 30.3 Å². The first-order chi connectivity index (χ1) is 9.69. The van der Waals surface area contributed by atoms with Crippen LogP contribution in [0.1, 0.15) is 11.1 Å². The van der Waals surface area contributed by atoms with Crippen LogP contribution >= 0.6 is 11.6 Å². The minimum absolute atomic E-state index is 0.0489. The van der Waals surface area contributed by atoms with E-state index in [2.05, 4.69) is 4.99 Å². The lowest BCUT2D eigenvalue weighted by molar-refractivity contribution is 0.266. The van der Waals surface area contributed by atoms with Crippen molar-refractivity contribution in [1.82, 2.24) is 0 Å². The summed E-state index contributed by atoms with van der Waals surface area (Å²) in [6.45, 7) is -0.0489. The molecule has 2 aromatic carbocycles. The van der Waals surface area contributed by atoms with Crippen LogP contribution in [0.3, 0.4) is 0 Å². The van der Waals surface area contributed by atoms with Crippen molar-refractivity contribution in [2.24, 2.45) is 4.99 Å². The Bertz CT molecular complexity index is 584. The van der Waals surface area contributed by atoms with E-state index in [1.165, 1.54) is 6.07 Å². The zero-order valence-electron chi connectivity index (χ0n) is 10.9. The number of aromatic hydroxyl groups is 1. The van der Waals surface area contributed by atoms with E-state index in [4.69, 9.17) is 11.6 Å². The van der Waals surface area contributed by atoms with Gasteiger partial charge < -0.3 is 10.2 Å². The highest BCUT2D eigenvalue weighted by molar-refractivity contribution is 6.30. The molecule has 0 aliphatic carbocycles. The highest BCUT2D eigenvalue weighted by atomic mass is 35.5. The Morgan fingerprint density at radius 1 is 1.15 bits per heavy atom. The molecule has 0 saturated carbocycles. The van der Waals surface area contributed by atoms with Gasteiger partial charge in [-0.15, -0.1) is 0 Å². The highest BCUT2D eigenvalue weighted by Gasteiger charge is 2.06. The summed E-state index contributed by atoms with van der Waals surface area (Å²) in [6, 6.07) is 14.4. The molecule has 0 bridgehead atoms. The summed E-state index contributed by atoms with van der Waals surface area (Å²) in [5, 5.41) is 19.6. The molecule has 0 radical (unpaired) electrons. The molecule has 1 atom stereocenters. The van der Waals surface area contributed by atoms with Crippen molar-refractivity contribution in [3.05, 3.63) is 64.7 Å². The van der Waals surface area contributed by atoms with Crippen molar-refractivity contribution < 1.29 is 10.2 Å². The topological polar surface area (TPSA) is 52.8 Å². The molecule has 2 aromatic rings. The van der Waals surface area contributed by atoms with E-state index in [1.54, 1.807) is 18.3 Å². The normalized spacial score (nSPS) is 12.7. The smallest absolute Gasteiger partial charge is 0.124 e. The van der Waals surface area contributed by atoms with Gasteiger partial charge in [-0.3, -0.25) is 4.99 Å². The molecule has 0 aliphatic rings. The Balaban J connectivity index is 2.09. The van der Waals surface area contributed by atoms with E-state index < -0.39 is 0 Å². The first-order valence-corrected chi connectivity index (χ1v) is 6.73. The summed E-state index contributed by atoms with van der Waals surface area (Å²) in [4.78, 5) is 4.32. The van der Waals surface area contributed by atoms with Crippen LogP contribution in [-0.4, -0.2) is 29.1 Å². The second-order valence-corrected chi connectivity index (χ2v) is 4.94. The van der Waals surface area contributed by atoms with Gasteiger partial charge in [-0.2, -0.15) is 0 Å². The van der Waals surface area contributed by atoms with E-state index in [9.17, 15) is 10.2 Å². The molecule has 4 heteroatoms. The van der Waals surface area contributed by atoms with Crippen LogP contribution in [0.2, 0.25) is 5.02 Å². The fourth-order valence-electron chi connectivity index (χ4n) is 1.87. The molecular weight excluding hydrogens is 274 g/mol. The third-order valence-corrected chi connectivity index (χ3v) is 3.17. The number of rotatable bonds is 5. The molecule has 0 aromatic heterocycles. The Kier molecular flexibility index (Phi) is 5.16. The van der Waals surface area contributed by atoms with Crippen molar-refractivity contribution in [2.75, 3.05) is 6.61 Å². The van der Waals surface area contributed by atoms with Crippen molar-refractivity contribution >= 4 is 17.8 Å². The number of hydrogen-bond donors (Lipinski definition) is 2. The fraction of sp³-hybridized carbons (Fsp3) is 0.188. The molecule has 0 aliphatic heterocycles. The summed E-state index contributed by atoms with van der Waals surface area (Å²) < 4.78 is 0. The lowest BCUT2D eigenvalue weighted by Gasteiger charge is -2.09. The lowest BCUT2D eigenvalue weighted by Crippen LogP contribution is -2.14. The summed E-state index contributed by atoms with van der Waals surface area (Å²) in [5.41, 5.74) is 1.66. The number of phenols is 1. The highest BCUT2D eigenvalue weighted by Crippen LogP contribution is 2.20. The van der Waals surface area contributed by atoms with Crippen molar-refractivity contribution in [2.45, 2.75) is 12.5 Å². The first-order valence-electron chi connectivity index (χ1n) is 6.35. The largest absolute Gasteiger partial charge is 0.507 e. The Morgan fingerprint density at radius 3 is 2.60 bits per heavy atom. The Labute approximate surface area is 123 Å². The maximum Gasteiger partial charge on any atom is 0.124 e. The minimum Gasteiger partial charge on any atom is -0.507 e. The second-order valence-electron chi connectivity index (χ2n) is 4.51. The van der Waals surface area contributed by atoms with Crippen molar-refractivity contribution in [3.8, 4) is 5.75 Å². The van der Waals surface area contributed by atoms with E-state index in [0.29, 0.717) is 17.0 Å². The molecule has 0 saturated heterocycles. The molecule has 0 amide bonds. The Hall–Kier alpha value is -1.84. The quantitative estimate of drug-likeness (QED) is 0.831. The van der Waals surface area contributed by atoms with Crippen LogP contribution in [-0.2, 0) is 6.42 Å². The zero-order valence-corrected chi connectivity index (χ0v) is 11.7. The molecule has 3 nitrogen and oxygen atoms in total. The van der Waals surface area contributed by atoms with Gasteiger partial charge in [0.2, 0.25) is 0 Å². The van der Waals surface area contributed by atoms with E-state index in [-0.39, 0.29) is 18.4 Å². The third-order valence-electron chi connectivity index (χ3n) is 2.94. The number of benzene rings is 2. The predicted octanol–water partition coefficient (Wildman–Crippen LogP) is 3.07. The molecule has 104 valence electrons. The second kappa shape index (κ2) is 7.08. The zero-order chi connectivity index (χ0) is 14.4. The van der Waals surface area contributed by atoms with Crippen LogP contribution in [0, 0.1) is 0 Å². The maximum atomic E-state index is 9.70. The average Bonchev–Trinajstić information content (AvgIpc) is 2.47. The number of nitrogens with zero attached hydrogens (tertiary/aromatic N) is 1. The number of aliphatic hydroxyl groups is 1. The van der Waals surface area contributed by atoms with Crippen molar-refractivity contribution in [3.63, 3.8) is 0 Å². The van der Waals surface area contributed by atoms with Gasteiger partial charge in [0.05, 0.1) is 12.6 Å². The summed E-state index contributed by atoms with van der Waals surface area (Å²) in [6.07, 6.45) is 2.19. The number of phenolic OH excluding ortho intramolecular Hbond substituents is 1. The molecule has 0 fully saturated rings. The Morgan fingerprint density at radius 2 is 1.90 bits per heavy atom. The standard InChI is InChI=1S/C16H16ClNO2/c17-14-6-7-16(20)13(9-14)10-18-15(11-19)8-12-4-2-1-3-5-12/h1-7,9-10,15,19-20H,8,11H2/t15-/m1/s1. The van der Waals surface area contributed by atoms with Gasteiger partial charge in [0.15, 0.2) is 0 Å². The molecule has 0 unspecified atom stereocenters. The molecular formula is C16H16ClNO2. The minimum atomic E-state index is -0.240.